The van der Waals surface area contributed by atoms with E-state index in [1.54, 1.807) is 0 Å². The highest BCUT2D eigenvalue weighted by molar-refractivity contribution is 5.26. The Bertz CT molecular complexity index is 408. The monoisotopic (exact) mass is 272 g/mol. The largest absolute Gasteiger partial charge is 0.493 e. The highest BCUT2D eigenvalue weighted by atomic mass is 16.5. The summed E-state index contributed by atoms with van der Waals surface area (Å²) < 4.78 is 6.03. The molecule has 1 heteroatoms. The van der Waals surface area contributed by atoms with Gasteiger partial charge in [-0.25, -0.2) is 0 Å². The van der Waals surface area contributed by atoms with Gasteiger partial charge in [-0.2, -0.15) is 0 Å². The summed E-state index contributed by atoms with van der Waals surface area (Å²) in [6.07, 6.45) is 13.0. The van der Waals surface area contributed by atoms with Crippen molar-refractivity contribution in [3.63, 3.8) is 0 Å². The van der Waals surface area contributed by atoms with Gasteiger partial charge in [0.1, 0.15) is 5.75 Å². The summed E-state index contributed by atoms with van der Waals surface area (Å²) in [7, 11) is 0. The van der Waals surface area contributed by atoms with Crippen LogP contribution in [0.5, 0.6) is 5.75 Å². The molecule has 0 amide bonds. The second kappa shape index (κ2) is 6.20. The Morgan fingerprint density at radius 3 is 2.45 bits per heavy atom. The van der Waals surface area contributed by atoms with Gasteiger partial charge in [0.2, 0.25) is 0 Å². The standard InChI is InChI=1S/C19H28O/c1-16-7-9-18(10-8-16)20-15-17-6-5-13-19(14-17)11-3-2-4-12-19/h7-10,17H,2-6,11-15H2,1H3. The van der Waals surface area contributed by atoms with Crippen LogP contribution in [0.4, 0.5) is 0 Å². The van der Waals surface area contributed by atoms with Gasteiger partial charge in [0.15, 0.2) is 0 Å². The minimum Gasteiger partial charge on any atom is -0.493 e. The summed E-state index contributed by atoms with van der Waals surface area (Å²) in [5, 5.41) is 0. The summed E-state index contributed by atoms with van der Waals surface area (Å²) in [5.74, 6) is 1.82. The van der Waals surface area contributed by atoms with Crippen LogP contribution in [0.3, 0.4) is 0 Å². The third-order valence-electron chi connectivity index (χ3n) is 5.46. The molecule has 1 atom stereocenters. The topological polar surface area (TPSA) is 9.23 Å². The van der Waals surface area contributed by atoms with Crippen LogP contribution in [0.1, 0.15) is 63.4 Å². The Kier molecular flexibility index (Phi) is 4.33. The van der Waals surface area contributed by atoms with Crippen molar-refractivity contribution in [3.8, 4) is 5.75 Å². The molecule has 1 aromatic rings. The van der Waals surface area contributed by atoms with Crippen molar-refractivity contribution in [2.24, 2.45) is 11.3 Å². The minimum absolute atomic E-state index is 0.692. The fraction of sp³-hybridized carbons (Fsp3) is 0.684. The number of ether oxygens (including phenoxy) is 1. The first kappa shape index (κ1) is 14.0. The normalized spacial score (nSPS) is 25.6. The fourth-order valence-electron chi connectivity index (χ4n) is 4.33. The predicted octanol–water partition coefficient (Wildman–Crippen LogP) is 5.51. The number of aryl methyl sites for hydroxylation is 1. The first-order chi connectivity index (χ1) is 9.76. The van der Waals surface area contributed by atoms with Gasteiger partial charge in [-0.1, -0.05) is 43.4 Å². The molecule has 2 saturated carbocycles. The van der Waals surface area contributed by atoms with Crippen LogP contribution in [0, 0.1) is 18.3 Å². The molecule has 1 nitrogen and oxygen atoms in total. The number of hydrogen-bond donors (Lipinski definition) is 0. The van der Waals surface area contributed by atoms with Crippen molar-refractivity contribution >= 4 is 0 Å². The van der Waals surface area contributed by atoms with E-state index in [1.807, 2.05) is 0 Å². The molecule has 2 aliphatic carbocycles. The van der Waals surface area contributed by atoms with E-state index in [0.717, 1.165) is 18.3 Å². The third-order valence-corrected chi connectivity index (χ3v) is 5.46. The highest BCUT2D eigenvalue weighted by Gasteiger charge is 2.37. The molecule has 0 aromatic heterocycles. The molecule has 2 aliphatic rings. The Labute approximate surface area is 123 Å². The predicted molar refractivity (Wildman–Crippen MR) is 84.2 cm³/mol. The Balaban J connectivity index is 1.53. The van der Waals surface area contributed by atoms with Crippen molar-refractivity contribution in [3.05, 3.63) is 29.8 Å². The zero-order valence-corrected chi connectivity index (χ0v) is 12.9. The van der Waals surface area contributed by atoms with E-state index < -0.39 is 0 Å². The first-order valence-electron chi connectivity index (χ1n) is 8.45. The Hall–Kier alpha value is -0.980. The average molecular weight is 272 g/mol. The van der Waals surface area contributed by atoms with Crippen LogP contribution in [-0.2, 0) is 0 Å². The summed E-state index contributed by atoms with van der Waals surface area (Å²) in [4.78, 5) is 0. The van der Waals surface area contributed by atoms with Crippen molar-refractivity contribution < 1.29 is 4.74 Å². The average Bonchev–Trinajstić information content (AvgIpc) is 2.48. The van der Waals surface area contributed by atoms with Gasteiger partial charge in [-0.05, 0) is 62.5 Å². The molecule has 0 heterocycles. The molecule has 1 spiro atoms. The number of hydrogen-bond acceptors (Lipinski definition) is 1. The lowest BCUT2D eigenvalue weighted by atomic mass is 9.63. The molecule has 0 saturated heterocycles. The van der Waals surface area contributed by atoms with Crippen LogP contribution >= 0.6 is 0 Å². The number of benzene rings is 1. The molecule has 20 heavy (non-hydrogen) atoms. The summed E-state index contributed by atoms with van der Waals surface area (Å²) in [6.45, 7) is 3.04. The van der Waals surface area contributed by atoms with E-state index in [-0.39, 0.29) is 0 Å². The van der Waals surface area contributed by atoms with E-state index in [2.05, 4.69) is 31.2 Å². The van der Waals surface area contributed by atoms with Gasteiger partial charge in [0.05, 0.1) is 6.61 Å². The third kappa shape index (κ3) is 3.37. The second-order valence-electron chi connectivity index (χ2n) is 7.15. The lowest BCUT2D eigenvalue weighted by Gasteiger charge is -2.43. The van der Waals surface area contributed by atoms with Crippen LogP contribution in [-0.4, -0.2) is 6.61 Å². The van der Waals surface area contributed by atoms with Crippen LogP contribution in [0.25, 0.3) is 0 Å². The van der Waals surface area contributed by atoms with Crippen LogP contribution in [0.2, 0.25) is 0 Å². The molecular formula is C19H28O. The van der Waals surface area contributed by atoms with Gasteiger partial charge >= 0.3 is 0 Å². The summed E-state index contributed by atoms with van der Waals surface area (Å²) in [5.41, 5.74) is 1.99. The van der Waals surface area contributed by atoms with Crippen molar-refractivity contribution in [2.75, 3.05) is 6.61 Å². The minimum atomic E-state index is 0.692. The van der Waals surface area contributed by atoms with E-state index in [0.29, 0.717) is 5.41 Å². The van der Waals surface area contributed by atoms with Crippen molar-refractivity contribution in [2.45, 2.75) is 64.7 Å². The maximum Gasteiger partial charge on any atom is 0.119 e. The van der Waals surface area contributed by atoms with E-state index >= 15 is 0 Å². The van der Waals surface area contributed by atoms with E-state index in [4.69, 9.17) is 4.74 Å². The molecule has 0 aliphatic heterocycles. The number of rotatable bonds is 3. The van der Waals surface area contributed by atoms with E-state index in [9.17, 15) is 0 Å². The molecule has 0 bridgehead atoms. The molecule has 0 N–H and O–H groups in total. The zero-order valence-electron chi connectivity index (χ0n) is 12.9. The summed E-state index contributed by atoms with van der Waals surface area (Å²) >= 11 is 0. The molecule has 110 valence electrons. The van der Waals surface area contributed by atoms with E-state index in [1.165, 1.54) is 63.4 Å². The Morgan fingerprint density at radius 1 is 1.00 bits per heavy atom. The molecule has 3 rings (SSSR count). The Morgan fingerprint density at radius 2 is 1.70 bits per heavy atom. The fourth-order valence-corrected chi connectivity index (χ4v) is 4.33. The van der Waals surface area contributed by atoms with Gasteiger partial charge in [0.25, 0.3) is 0 Å². The zero-order chi connectivity index (χ0) is 13.8. The van der Waals surface area contributed by atoms with Crippen molar-refractivity contribution in [1.82, 2.24) is 0 Å². The molecular weight excluding hydrogens is 244 g/mol. The molecule has 1 unspecified atom stereocenters. The molecule has 1 aromatic carbocycles. The molecule has 2 fully saturated rings. The van der Waals surface area contributed by atoms with Crippen LogP contribution in [0.15, 0.2) is 24.3 Å². The second-order valence-corrected chi connectivity index (χ2v) is 7.15. The maximum absolute atomic E-state index is 6.03. The maximum atomic E-state index is 6.03. The van der Waals surface area contributed by atoms with Gasteiger partial charge in [0, 0.05) is 0 Å². The highest BCUT2D eigenvalue weighted by Crippen LogP contribution is 2.49. The molecule has 0 radical (unpaired) electrons. The van der Waals surface area contributed by atoms with Gasteiger partial charge in [-0.15, -0.1) is 0 Å². The quantitative estimate of drug-likeness (QED) is 0.704. The van der Waals surface area contributed by atoms with Gasteiger partial charge in [-0.3, -0.25) is 0 Å². The van der Waals surface area contributed by atoms with Crippen molar-refractivity contribution in [1.29, 1.82) is 0 Å². The SMILES string of the molecule is Cc1ccc(OCC2CCCC3(CCCCC3)C2)cc1. The van der Waals surface area contributed by atoms with Crippen LogP contribution < -0.4 is 4.74 Å². The summed E-state index contributed by atoms with van der Waals surface area (Å²) in [6, 6.07) is 8.49. The smallest absolute Gasteiger partial charge is 0.119 e. The lowest BCUT2D eigenvalue weighted by Crippen LogP contribution is -2.33. The lowest BCUT2D eigenvalue weighted by molar-refractivity contribution is 0.0658. The first-order valence-corrected chi connectivity index (χ1v) is 8.45. The van der Waals surface area contributed by atoms with Gasteiger partial charge < -0.3 is 4.74 Å².